The van der Waals surface area contributed by atoms with Gasteiger partial charge in [0.1, 0.15) is 0 Å². The van der Waals surface area contributed by atoms with Gasteiger partial charge in [-0.15, -0.1) is 0 Å². The summed E-state index contributed by atoms with van der Waals surface area (Å²) >= 11 is 3.46. The summed E-state index contributed by atoms with van der Waals surface area (Å²) in [6.45, 7) is 6.03. The number of aliphatic hydroxyl groups is 1. The van der Waals surface area contributed by atoms with Gasteiger partial charge in [-0.25, -0.2) is 0 Å². The zero-order chi connectivity index (χ0) is 10.7. The van der Waals surface area contributed by atoms with Crippen molar-refractivity contribution in [2.24, 2.45) is 5.92 Å². The van der Waals surface area contributed by atoms with Gasteiger partial charge in [-0.1, -0.05) is 28.9 Å². The molecule has 0 amide bonds. The highest BCUT2D eigenvalue weighted by atomic mass is 79.9. The maximum Gasteiger partial charge on any atom is 0.0540 e. The molecule has 0 aliphatic carbocycles. The lowest BCUT2D eigenvalue weighted by Crippen LogP contribution is -2.15. The number of aryl methyl sites for hydroxylation is 1. The van der Waals surface area contributed by atoms with E-state index in [1.165, 1.54) is 11.1 Å². The third kappa shape index (κ3) is 3.10. The molecule has 0 radical (unpaired) electrons. The Balaban J connectivity index is 2.80. The SMILES string of the molecule is Cc1ccc(Br)cc1CC(C)C(C)O. The number of hydrogen-bond acceptors (Lipinski definition) is 1. The van der Waals surface area contributed by atoms with E-state index >= 15 is 0 Å². The highest BCUT2D eigenvalue weighted by Gasteiger charge is 2.11. The smallest absolute Gasteiger partial charge is 0.0540 e. The van der Waals surface area contributed by atoms with E-state index in [4.69, 9.17) is 0 Å². The number of rotatable bonds is 3. The molecular formula is C12H17BrO. The van der Waals surface area contributed by atoms with E-state index in [-0.39, 0.29) is 6.10 Å². The van der Waals surface area contributed by atoms with Crippen LogP contribution in [0, 0.1) is 12.8 Å². The van der Waals surface area contributed by atoms with Crippen molar-refractivity contribution in [2.45, 2.75) is 33.3 Å². The molecule has 78 valence electrons. The average Bonchev–Trinajstić information content (AvgIpc) is 2.11. The van der Waals surface area contributed by atoms with Crippen molar-refractivity contribution in [1.82, 2.24) is 0 Å². The molecule has 0 bridgehead atoms. The van der Waals surface area contributed by atoms with E-state index in [1.807, 2.05) is 13.0 Å². The van der Waals surface area contributed by atoms with Gasteiger partial charge in [0, 0.05) is 4.47 Å². The summed E-state index contributed by atoms with van der Waals surface area (Å²) in [6, 6.07) is 6.29. The molecule has 1 nitrogen and oxygen atoms in total. The largest absolute Gasteiger partial charge is 0.393 e. The van der Waals surface area contributed by atoms with E-state index in [1.54, 1.807) is 0 Å². The first-order valence-electron chi connectivity index (χ1n) is 4.94. The van der Waals surface area contributed by atoms with Crippen molar-refractivity contribution in [3.05, 3.63) is 33.8 Å². The Labute approximate surface area is 94.3 Å². The first kappa shape index (κ1) is 11.7. The molecule has 0 saturated carbocycles. The molecule has 1 N–H and O–H groups in total. The molecule has 1 aromatic rings. The van der Waals surface area contributed by atoms with Crippen LogP contribution < -0.4 is 0 Å². The Bertz CT molecular complexity index is 307. The normalized spacial score (nSPS) is 15.2. The lowest BCUT2D eigenvalue weighted by atomic mass is 9.94. The maximum atomic E-state index is 9.43. The highest BCUT2D eigenvalue weighted by molar-refractivity contribution is 9.10. The molecule has 0 saturated heterocycles. The molecule has 0 aliphatic rings. The first-order valence-corrected chi connectivity index (χ1v) is 5.73. The Morgan fingerprint density at radius 2 is 2.00 bits per heavy atom. The topological polar surface area (TPSA) is 20.2 Å². The predicted octanol–water partition coefficient (Wildman–Crippen LogP) is 3.32. The molecule has 2 heteroatoms. The Morgan fingerprint density at radius 3 is 2.57 bits per heavy atom. The van der Waals surface area contributed by atoms with Crippen molar-refractivity contribution in [2.75, 3.05) is 0 Å². The fourth-order valence-corrected chi connectivity index (χ4v) is 1.79. The minimum absolute atomic E-state index is 0.242. The fraction of sp³-hybridized carbons (Fsp3) is 0.500. The summed E-state index contributed by atoms with van der Waals surface area (Å²) < 4.78 is 1.11. The molecular weight excluding hydrogens is 240 g/mol. The molecule has 0 spiro atoms. The molecule has 0 aromatic heterocycles. The van der Waals surface area contributed by atoms with Crippen molar-refractivity contribution < 1.29 is 5.11 Å². The molecule has 1 rings (SSSR count). The number of halogens is 1. The van der Waals surface area contributed by atoms with Crippen molar-refractivity contribution in [3.63, 3.8) is 0 Å². The van der Waals surface area contributed by atoms with Gasteiger partial charge in [-0.05, 0) is 49.4 Å². The van der Waals surface area contributed by atoms with Crippen LogP contribution in [-0.2, 0) is 6.42 Å². The molecule has 1 aromatic carbocycles. The molecule has 2 atom stereocenters. The van der Waals surface area contributed by atoms with Gasteiger partial charge in [0.2, 0.25) is 0 Å². The first-order chi connectivity index (χ1) is 6.50. The van der Waals surface area contributed by atoms with Gasteiger partial charge in [0.15, 0.2) is 0 Å². The zero-order valence-corrected chi connectivity index (χ0v) is 10.5. The monoisotopic (exact) mass is 256 g/mol. The summed E-state index contributed by atoms with van der Waals surface area (Å²) in [5.74, 6) is 0.308. The van der Waals surface area contributed by atoms with Crippen LogP contribution in [0.25, 0.3) is 0 Å². The maximum absolute atomic E-state index is 9.43. The molecule has 14 heavy (non-hydrogen) atoms. The third-order valence-electron chi connectivity index (χ3n) is 2.68. The third-order valence-corrected chi connectivity index (χ3v) is 3.17. The van der Waals surface area contributed by atoms with Gasteiger partial charge in [0.05, 0.1) is 6.10 Å². The van der Waals surface area contributed by atoms with E-state index in [0.29, 0.717) is 5.92 Å². The molecule has 0 heterocycles. The number of benzene rings is 1. The van der Waals surface area contributed by atoms with Gasteiger partial charge in [0.25, 0.3) is 0 Å². The summed E-state index contributed by atoms with van der Waals surface area (Å²) in [4.78, 5) is 0. The van der Waals surface area contributed by atoms with E-state index in [0.717, 1.165) is 10.9 Å². The Kier molecular flexibility index (Phi) is 4.14. The van der Waals surface area contributed by atoms with Gasteiger partial charge in [-0.2, -0.15) is 0 Å². The van der Waals surface area contributed by atoms with E-state index in [9.17, 15) is 5.11 Å². The van der Waals surface area contributed by atoms with Crippen LogP contribution in [0.3, 0.4) is 0 Å². The van der Waals surface area contributed by atoms with Crippen LogP contribution in [-0.4, -0.2) is 11.2 Å². The van der Waals surface area contributed by atoms with E-state index < -0.39 is 0 Å². The summed E-state index contributed by atoms with van der Waals surface area (Å²) in [6.07, 6.45) is 0.691. The second kappa shape index (κ2) is 4.94. The minimum Gasteiger partial charge on any atom is -0.393 e. The van der Waals surface area contributed by atoms with Crippen LogP contribution >= 0.6 is 15.9 Å². The predicted molar refractivity (Wildman–Crippen MR) is 63.4 cm³/mol. The van der Waals surface area contributed by atoms with Crippen LogP contribution in [0.5, 0.6) is 0 Å². The Hall–Kier alpha value is -0.340. The van der Waals surface area contributed by atoms with E-state index in [2.05, 4.69) is 41.9 Å². The van der Waals surface area contributed by atoms with Crippen LogP contribution in [0.2, 0.25) is 0 Å². The lowest BCUT2D eigenvalue weighted by molar-refractivity contribution is 0.135. The fourth-order valence-electron chi connectivity index (χ4n) is 1.38. The summed E-state index contributed by atoms with van der Waals surface area (Å²) in [5, 5.41) is 9.43. The average molecular weight is 257 g/mol. The molecule has 0 aliphatic heterocycles. The minimum atomic E-state index is -0.242. The summed E-state index contributed by atoms with van der Waals surface area (Å²) in [5.41, 5.74) is 2.61. The van der Waals surface area contributed by atoms with Gasteiger partial charge < -0.3 is 5.11 Å². The standard InChI is InChI=1S/C12H17BrO/c1-8-4-5-12(13)7-11(8)6-9(2)10(3)14/h4-5,7,9-10,14H,6H2,1-3H3. The van der Waals surface area contributed by atoms with Crippen molar-refractivity contribution in [1.29, 1.82) is 0 Å². The second-order valence-corrected chi connectivity index (χ2v) is 4.91. The highest BCUT2D eigenvalue weighted by Crippen LogP contribution is 2.20. The van der Waals surface area contributed by atoms with Gasteiger partial charge in [-0.3, -0.25) is 0 Å². The lowest BCUT2D eigenvalue weighted by Gasteiger charge is -2.16. The molecule has 0 fully saturated rings. The van der Waals surface area contributed by atoms with Crippen LogP contribution in [0.1, 0.15) is 25.0 Å². The van der Waals surface area contributed by atoms with Crippen molar-refractivity contribution >= 4 is 15.9 Å². The van der Waals surface area contributed by atoms with Crippen LogP contribution in [0.4, 0.5) is 0 Å². The second-order valence-electron chi connectivity index (χ2n) is 3.99. The van der Waals surface area contributed by atoms with Crippen LogP contribution in [0.15, 0.2) is 22.7 Å². The zero-order valence-electron chi connectivity index (χ0n) is 8.92. The molecule has 2 unspecified atom stereocenters. The number of aliphatic hydroxyl groups excluding tert-OH is 1. The number of hydrogen-bond donors (Lipinski definition) is 1. The van der Waals surface area contributed by atoms with Crippen molar-refractivity contribution in [3.8, 4) is 0 Å². The summed E-state index contributed by atoms with van der Waals surface area (Å²) in [7, 11) is 0. The quantitative estimate of drug-likeness (QED) is 0.880. The Morgan fingerprint density at radius 1 is 1.36 bits per heavy atom. The van der Waals surface area contributed by atoms with Gasteiger partial charge >= 0.3 is 0 Å².